The zero-order valence-electron chi connectivity index (χ0n) is 12.2. The summed E-state index contributed by atoms with van der Waals surface area (Å²) >= 11 is 0. The summed E-state index contributed by atoms with van der Waals surface area (Å²) in [6, 6.07) is 15.5. The molecule has 0 atom stereocenters. The molecule has 108 valence electrons. The van der Waals surface area contributed by atoms with E-state index >= 15 is 0 Å². The van der Waals surface area contributed by atoms with E-state index in [1.165, 1.54) is 0 Å². The molecule has 0 unspecified atom stereocenters. The molecule has 2 aromatic carbocycles. The molecule has 0 spiro atoms. The lowest BCUT2D eigenvalue weighted by Crippen LogP contribution is -2.01. The molecule has 0 fully saturated rings. The molecule has 0 saturated carbocycles. The molecule has 0 aliphatic carbocycles. The first kappa shape index (κ1) is 14.7. The smallest absolute Gasteiger partial charge is 0.136 e. The van der Waals surface area contributed by atoms with E-state index < -0.39 is 0 Å². The van der Waals surface area contributed by atoms with Gasteiger partial charge >= 0.3 is 0 Å². The predicted octanol–water partition coefficient (Wildman–Crippen LogP) is 3.58. The maximum absolute atomic E-state index is 9.09. The van der Waals surface area contributed by atoms with E-state index in [1.54, 1.807) is 7.11 Å². The van der Waals surface area contributed by atoms with Gasteiger partial charge in [0.1, 0.15) is 17.6 Å². The molecular weight excluding hydrogens is 264 g/mol. The van der Waals surface area contributed by atoms with Crippen molar-refractivity contribution in [3.8, 4) is 17.6 Å². The van der Waals surface area contributed by atoms with Gasteiger partial charge in [-0.05, 0) is 36.8 Å². The van der Waals surface area contributed by atoms with Crippen molar-refractivity contribution in [2.75, 3.05) is 19.0 Å². The van der Waals surface area contributed by atoms with Crippen molar-refractivity contribution in [2.24, 2.45) is 0 Å². The number of nitrogens with zero attached hydrogens (tertiary/aromatic N) is 1. The molecule has 0 aliphatic rings. The van der Waals surface area contributed by atoms with Crippen molar-refractivity contribution in [3.05, 3.63) is 53.6 Å². The maximum Gasteiger partial charge on any atom is 0.136 e. The molecule has 0 radical (unpaired) electrons. The Balaban J connectivity index is 2.06. The van der Waals surface area contributed by atoms with Crippen LogP contribution in [0.4, 0.5) is 5.69 Å². The number of hydrogen-bond acceptors (Lipinski definition) is 4. The molecular formula is C17H18N2O2. The largest absolute Gasteiger partial charge is 0.495 e. The summed E-state index contributed by atoms with van der Waals surface area (Å²) in [5.74, 6) is 1.44. The Morgan fingerprint density at radius 1 is 1.19 bits per heavy atom. The lowest BCUT2D eigenvalue weighted by atomic mass is 10.1. The van der Waals surface area contributed by atoms with Gasteiger partial charge in [-0.1, -0.05) is 12.1 Å². The number of methoxy groups -OCH3 is 1. The number of benzene rings is 2. The van der Waals surface area contributed by atoms with E-state index in [0.29, 0.717) is 24.5 Å². The van der Waals surface area contributed by atoms with Crippen LogP contribution in [0.25, 0.3) is 0 Å². The van der Waals surface area contributed by atoms with Crippen LogP contribution < -0.4 is 14.8 Å². The van der Waals surface area contributed by atoms with E-state index in [2.05, 4.69) is 11.4 Å². The van der Waals surface area contributed by atoms with Crippen molar-refractivity contribution >= 4 is 5.69 Å². The molecule has 2 aromatic rings. The van der Waals surface area contributed by atoms with Gasteiger partial charge < -0.3 is 14.8 Å². The third-order valence-corrected chi connectivity index (χ3v) is 3.03. The minimum Gasteiger partial charge on any atom is -0.495 e. The van der Waals surface area contributed by atoms with E-state index in [9.17, 15) is 0 Å². The topological polar surface area (TPSA) is 54.3 Å². The average molecular weight is 282 g/mol. The summed E-state index contributed by atoms with van der Waals surface area (Å²) in [5, 5.41) is 12.4. The van der Waals surface area contributed by atoms with Crippen LogP contribution in [0.3, 0.4) is 0 Å². The minimum absolute atomic E-state index is 0.542. The van der Waals surface area contributed by atoms with Crippen LogP contribution in [-0.2, 0) is 6.54 Å². The fraction of sp³-hybridized carbons (Fsp3) is 0.235. The molecule has 1 N–H and O–H groups in total. The highest BCUT2D eigenvalue weighted by atomic mass is 16.5. The number of nitriles is 1. The monoisotopic (exact) mass is 282 g/mol. The molecule has 0 aromatic heterocycles. The second-order valence-electron chi connectivity index (χ2n) is 4.46. The van der Waals surface area contributed by atoms with Gasteiger partial charge in [0.2, 0.25) is 0 Å². The zero-order chi connectivity index (χ0) is 15.1. The Bertz CT molecular complexity index is 647. The van der Waals surface area contributed by atoms with Crippen LogP contribution in [0, 0.1) is 11.3 Å². The second kappa shape index (κ2) is 7.20. The molecule has 0 heterocycles. The number of hydrogen-bond donors (Lipinski definition) is 1. The Hall–Kier alpha value is -2.67. The summed E-state index contributed by atoms with van der Waals surface area (Å²) in [4.78, 5) is 0. The van der Waals surface area contributed by atoms with Gasteiger partial charge in [0.05, 0.1) is 19.3 Å². The highest BCUT2D eigenvalue weighted by molar-refractivity contribution is 5.50. The summed E-state index contributed by atoms with van der Waals surface area (Å²) < 4.78 is 10.6. The fourth-order valence-corrected chi connectivity index (χ4v) is 2.02. The number of anilines is 1. The molecule has 0 bridgehead atoms. The summed E-state index contributed by atoms with van der Waals surface area (Å²) in [6.45, 7) is 3.24. The van der Waals surface area contributed by atoms with E-state index in [1.807, 2.05) is 49.4 Å². The standard InChI is InChI=1S/C17H18N2O2/c1-3-21-16-6-4-5-15(10-16)19-12-13-7-8-17(20-2)14(9-13)11-18/h4-10,19H,3,12H2,1-2H3. The van der Waals surface area contributed by atoms with Gasteiger partial charge in [-0.3, -0.25) is 0 Å². The highest BCUT2D eigenvalue weighted by Gasteiger charge is 2.04. The number of rotatable bonds is 6. The first-order valence-electron chi connectivity index (χ1n) is 6.80. The molecule has 21 heavy (non-hydrogen) atoms. The fourth-order valence-electron chi connectivity index (χ4n) is 2.02. The van der Waals surface area contributed by atoms with Gasteiger partial charge in [0.15, 0.2) is 0 Å². The van der Waals surface area contributed by atoms with Crippen molar-refractivity contribution in [1.82, 2.24) is 0 Å². The van der Waals surface area contributed by atoms with Gasteiger partial charge in [0.25, 0.3) is 0 Å². The summed E-state index contributed by atoms with van der Waals surface area (Å²) in [5.41, 5.74) is 2.55. The normalized spacial score (nSPS) is 9.76. The number of ether oxygens (including phenoxy) is 2. The van der Waals surface area contributed by atoms with Gasteiger partial charge in [-0.25, -0.2) is 0 Å². The highest BCUT2D eigenvalue weighted by Crippen LogP contribution is 2.21. The van der Waals surface area contributed by atoms with Crippen LogP contribution in [-0.4, -0.2) is 13.7 Å². The van der Waals surface area contributed by atoms with Crippen LogP contribution in [0.1, 0.15) is 18.1 Å². The van der Waals surface area contributed by atoms with Crippen LogP contribution in [0.2, 0.25) is 0 Å². The van der Waals surface area contributed by atoms with Crippen molar-refractivity contribution in [1.29, 1.82) is 5.26 Å². The molecule has 2 rings (SSSR count). The Morgan fingerprint density at radius 2 is 2.05 bits per heavy atom. The van der Waals surface area contributed by atoms with Gasteiger partial charge in [-0.15, -0.1) is 0 Å². The summed E-state index contributed by atoms with van der Waals surface area (Å²) in [7, 11) is 1.56. The first-order chi connectivity index (χ1) is 10.3. The molecule has 4 nitrogen and oxygen atoms in total. The lowest BCUT2D eigenvalue weighted by Gasteiger charge is -2.10. The SMILES string of the molecule is CCOc1cccc(NCc2ccc(OC)c(C#N)c2)c1. The third-order valence-electron chi connectivity index (χ3n) is 3.03. The quantitative estimate of drug-likeness (QED) is 0.880. The zero-order valence-corrected chi connectivity index (χ0v) is 12.2. The Morgan fingerprint density at radius 3 is 2.76 bits per heavy atom. The van der Waals surface area contributed by atoms with Crippen molar-refractivity contribution in [3.63, 3.8) is 0 Å². The van der Waals surface area contributed by atoms with E-state index in [-0.39, 0.29) is 0 Å². The maximum atomic E-state index is 9.09. The van der Waals surface area contributed by atoms with Crippen molar-refractivity contribution < 1.29 is 9.47 Å². The van der Waals surface area contributed by atoms with Crippen molar-refractivity contribution in [2.45, 2.75) is 13.5 Å². The van der Waals surface area contributed by atoms with E-state index in [4.69, 9.17) is 14.7 Å². The number of nitrogens with one attached hydrogen (secondary N) is 1. The van der Waals surface area contributed by atoms with Crippen LogP contribution in [0.15, 0.2) is 42.5 Å². The predicted molar refractivity (Wildman–Crippen MR) is 82.6 cm³/mol. The lowest BCUT2D eigenvalue weighted by molar-refractivity contribution is 0.340. The van der Waals surface area contributed by atoms with Gasteiger partial charge in [0, 0.05) is 18.3 Å². The molecule has 0 amide bonds. The minimum atomic E-state index is 0.542. The second-order valence-corrected chi connectivity index (χ2v) is 4.46. The molecule has 0 aliphatic heterocycles. The molecule has 0 saturated heterocycles. The first-order valence-corrected chi connectivity index (χ1v) is 6.80. The van der Waals surface area contributed by atoms with Crippen LogP contribution in [0.5, 0.6) is 11.5 Å². The van der Waals surface area contributed by atoms with Crippen LogP contribution >= 0.6 is 0 Å². The molecule has 4 heteroatoms. The average Bonchev–Trinajstić information content (AvgIpc) is 2.53. The third kappa shape index (κ3) is 3.90. The Labute approximate surface area is 124 Å². The van der Waals surface area contributed by atoms with E-state index in [0.717, 1.165) is 17.0 Å². The van der Waals surface area contributed by atoms with Gasteiger partial charge in [-0.2, -0.15) is 5.26 Å². The summed E-state index contributed by atoms with van der Waals surface area (Å²) in [6.07, 6.45) is 0. The Kier molecular flexibility index (Phi) is 5.05.